The molecule has 3 heteroatoms. The van der Waals surface area contributed by atoms with Gasteiger partial charge in [-0.25, -0.2) is 0 Å². The summed E-state index contributed by atoms with van der Waals surface area (Å²) in [6, 6.07) is 2.62. The maximum atomic E-state index is 5.64. The standard InChI is InChI=1S/C17H32N2O/c1-5-7-10-19(11-8-6-2)14-16-9-12-20-17(16)13-18-15(3)4/h9,12,15,18H,5-8,10-11,13-14H2,1-4H3. The van der Waals surface area contributed by atoms with Crippen molar-refractivity contribution in [3.05, 3.63) is 23.7 Å². The fourth-order valence-corrected chi connectivity index (χ4v) is 2.23. The lowest BCUT2D eigenvalue weighted by molar-refractivity contribution is 0.254. The minimum Gasteiger partial charge on any atom is -0.468 e. The lowest BCUT2D eigenvalue weighted by Crippen LogP contribution is -2.27. The molecule has 0 amide bonds. The zero-order chi connectivity index (χ0) is 14.8. The highest BCUT2D eigenvalue weighted by molar-refractivity contribution is 5.17. The first-order valence-electron chi connectivity index (χ1n) is 8.18. The van der Waals surface area contributed by atoms with Crippen molar-refractivity contribution in [2.45, 2.75) is 72.5 Å². The smallest absolute Gasteiger partial charge is 0.122 e. The van der Waals surface area contributed by atoms with E-state index in [4.69, 9.17) is 4.42 Å². The lowest BCUT2D eigenvalue weighted by Gasteiger charge is -2.22. The van der Waals surface area contributed by atoms with Crippen LogP contribution in [0.1, 0.15) is 64.7 Å². The molecule has 1 aromatic rings. The normalized spacial score (nSPS) is 11.7. The summed E-state index contributed by atoms with van der Waals surface area (Å²) < 4.78 is 5.64. The van der Waals surface area contributed by atoms with E-state index >= 15 is 0 Å². The molecular weight excluding hydrogens is 248 g/mol. The molecule has 0 atom stereocenters. The van der Waals surface area contributed by atoms with E-state index in [9.17, 15) is 0 Å². The van der Waals surface area contributed by atoms with Crippen molar-refractivity contribution in [3.63, 3.8) is 0 Å². The van der Waals surface area contributed by atoms with Gasteiger partial charge in [0.25, 0.3) is 0 Å². The van der Waals surface area contributed by atoms with Crippen LogP contribution in [-0.2, 0) is 13.1 Å². The first-order valence-corrected chi connectivity index (χ1v) is 8.18. The van der Waals surface area contributed by atoms with Crippen LogP contribution in [0.25, 0.3) is 0 Å². The predicted octanol–water partition coefficient (Wildman–Crippen LogP) is 4.18. The molecule has 1 N–H and O–H groups in total. The highest BCUT2D eigenvalue weighted by Gasteiger charge is 2.11. The number of furan rings is 1. The van der Waals surface area contributed by atoms with Gasteiger partial charge < -0.3 is 9.73 Å². The van der Waals surface area contributed by atoms with Crippen molar-refractivity contribution >= 4 is 0 Å². The molecule has 0 aliphatic heterocycles. The van der Waals surface area contributed by atoms with Gasteiger partial charge in [-0.2, -0.15) is 0 Å². The summed E-state index contributed by atoms with van der Waals surface area (Å²) in [5, 5.41) is 3.44. The second-order valence-electron chi connectivity index (χ2n) is 5.89. The third-order valence-electron chi connectivity index (χ3n) is 3.56. The molecule has 0 radical (unpaired) electrons. The molecule has 0 fully saturated rings. The van der Waals surface area contributed by atoms with Gasteiger partial charge in [-0.15, -0.1) is 0 Å². The molecule has 0 aliphatic carbocycles. The quantitative estimate of drug-likeness (QED) is 0.659. The molecule has 3 nitrogen and oxygen atoms in total. The summed E-state index contributed by atoms with van der Waals surface area (Å²) in [7, 11) is 0. The van der Waals surface area contributed by atoms with Crippen LogP contribution in [0.2, 0.25) is 0 Å². The molecule has 0 unspecified atom stereocenters. The Morgan fingerprint density at radius 2 is 1.80 bits per heavy atom. The van der Waals surface area contributed by atoms with Crippen LogP contribution in [0.15, 0.2) is 16.7 Å². The average molecular weight is 280 g/mol. The Kier molecular flexibility index (Phi) is 8.63. The molecule has 20 heavy (non-hydrogen) atoms. The molecular formula is C17H32N2O. The largest absolute Gasteiger partial charge is 0.468 e. The summed E-state index contributed by atoms with van der Waals surface area (Å²) in [5.41, 5.74) is 1.34. The maximum Gasteiger partial charge on any atom is 0.122 e. The summed E-state index contributed by atoms with van der Waals surface area (Å²) in [6.45, 7) is 13.1. The highest BCUT2D eigenvalue weighted by atomic mass is 16.3. The Labute approximate surface area is 124 Å². The summed E-state index contributed by atoms with van der Waals surface area (Å²) >= 11 is 0. The summed E-state index contributed by atoms with van der Waals surface area (Å²) in [4.78, 5) is 2.57. The van der Waals surface area contributed by atoms with Gasteiger partial charge in [-0.1, -0.05) is 40.5 Å². The third-order valence-corrected chi connectivity index (χ3v) is 3.56. The topological polar surface area (TPSA) is 28.4 Å². The molecule has 0 saturated heterocycles. The number of nitrogens with zero attached hydrogens (tertiary/aromatic N) is 1. The average Bonchev–Trinajstić information content (AvgIpc) is 2.86. The van der Waals surface area contributed by atoms with Crippen LogP contribution in [0, 0.1) is 0 Å². The van der Waals surface area contributed by atoms with Crippen molar-refractivity contribution in [1.29, 1.82) is 0 Å². The Bertz CT molecular complexity index is 339. The maximum absolute atomic E-state index is 5.64. The van der Waals surface area contributed by atoms with Crippen LogP contribution in [0.3, 0.4) is 0 Å². The third kappa shape index (κ3) is 6.58. The van der Waals surface area contributed by atoms with E-state index in [1.54, 1.807) is 0 Å². The summed E-state index contributed by atoms with van der Waals surface area (Å²) in [6.07, 6.45) is 6.90. The molecule has 116 valence electrons. The monoisotopic (exact) mass is 280 g/mol. The molecule has 0 aromatic carbocycles. The van der Waals surface area contributed by atoms with Crippen LogP contribution in [-0.4, -0.2) is 24.0 Å². The fourth-order valence-electron chi connectivity index (χ4n) is 2.23. The number of hydrogen-bond acceptors (Lipinski definition) is 3. The van der Waals surface area contributed by atoms with Gasteiger partial charge in [0.2, 0.25) is 0 Å². The molecule has 1 heterocycles. The Morgan fingerprint density at radius 1 is 1.15 bits per heavy atom. The highest BCUT2D eigenvalue weighted by Crippen LogP contribution is 2.14. The van der Waals surface area contributed by atoms with Crippen molar-refractivity contribution in [2.75, 3.05) is 13.1 Å². The van der Waals surface area contributed by atoms with Gasteiger partial charge in [0.15, 0.2) is 0 Å². The first-order chi connectivity index (χ1) is 9.67. The Balaban J connectivity index is 2.55. The minimum atomic E-state index is 0.490. The number of rotatable bonds is 11. The number of nitrogens with one attached hydrogen (secondary N) is 1. The van der Waals surface area contributed by atoms with Crippen LogP contribution in [0.4, 0.5) is 0 Å². The summed E-state index contributed by atoms with van der Waals surface area (Å²) in [5.74, 6) is 1.09. The predicted molar refractivity (Wildman–Crippen MR) is 85.8 cm³/mol. The van der Waals surface area contributed by atoms with E-state index in [1.165, 1.54) is 44.3 Å². The second kappa shape index (κ2) is 10.0. The van der Waals surface area contributed by atoms with Crippen molar-refractivity contribution < 1.29 is 4.42 Å². The van der Waals surface area contributed by atoms with Crippen LogP contribution in [0.5, 0.6) is 0 Å². The van der Waals surface area contributed by atoms with E-state index in [1.807, 2.05) is 6.26 Å². The number of unbranched alkanes of at least 4 members (excludes halogenated alkanes) is 2. The lowest BCUT2D eigenvalue weighted by atomic mass is 10.2. The molecule has 0 saturated carbocycles. The zero-order valence-corrected chi connectivity index (χ0v) is 13.7. The van der Waals surface area contributed by atoms with Gasteiger partial charge in [-0.05, 0) is 32.0 Å². The zero-order valence-electron chi connectivity index (χ0n) is 13.7. The van der Waals surface area contributed by atoms with E-state index in [-0.39, 0.29) is 0 Å². The van der Waals surface area contributed by atoms with Crippen molar-refractivity contribution in [2.24, 2.45) is 0 Å². The van der Waals surface area contributed by atoms with Crippen LogP contribution < -0.4 is 5.32 Å². The van der Waals surface area contributed by atoms with E-state index < -0.39 is 0 Å². The van der Waals surface area contributed by atoms with Gasteiger partial charge in [0.1, 0.15) is 5.76 Å². The number of hydrogen-bond donors (Lipinski definition) is 1. The van der Waals surface area contributed by atoms with E-state index in [2.05, 4.69) is 44.0 Å². The molecule has 0 spiro atoms. The van der Waals surface area contributed by atoms with Crippen molar-refractivity contribution in [3.8, 4) is 0 Å². The SMILES string of the molecule is CCCCN(CCCC)Cc1ccoc1CNC(C)C. The second-order valence-corrected chi connectivity index (χ2v) is 5.89. The molecule has 0 aliphatic rings. The van der Waals surface area contributed by atoms with Crippen LogP contribution >= 0.6 is 0 Å². The molecule has 1 aromatic heterocycles. The van der Waals surface area contributed by atoms with Gasteiger partial charge in [-0.3, -0.25) is 4.90 Å². The minimum absolute atomic E-state index is 0.490. The van der Waals surface area contributed by atoms with Crippen molar-refractivity contribution in [1.82, 2.24) is 10.2 Å². The van der Waals surface area contributed by atoms with E-state index in [0.717, 1.165) is 18.8 Å². The van der Waals surface area contributed by atoms with Gasteiger partial charge >= 0.3 is 0 Å². The van der Waals surface area contributed by atoms with E-state index in [0.29, 0.717) is 6.04 Å². The molecule has 0 bridgehead atoms. The Hall–Kier alpha value is -0.800. The first kappa shape index (κ1) is 17.3. The van der Waals surface area contributed by atoms with Gasteiger partial charge in [0.05, 0.1) is 12.8 Å². The molecule has 1 rings (SSSR count). The fraction of sp³-hybridized carbons (Fsp3) is 0.765. The van der Waals surface area contributed by atoms with Gasteiger partial charge in [0, 0.05) is 18.2 Å². The Morgan fingerprint density at radius 3 is 2.35 bits per heavy atom.